The molecule has 0 fully saturated rings. The number of benzene rings is 2. The van der Waals surface area contributed by atoms with Crippen molar-refractivity contribution in [2.24, 2.45) is 0 Å². The van der Waals surface area contributed by atoms with Gasteiger partial charge in [0.2, 0.25) is 5.95 Å². The van der Waals surface area contributed by atoms with E-state index in [9.17, 15) is 17.6 Å². The smallest absolute Gasteiger partial charge is 0.340 e. The average molecular weight is 362 g/mol. The van der Waals surface area contributed by atoms with Crippen LogP contribution in [0.3, 0.4) is 0 Å². The number of hydrogen-bond acceptors (Lipinski definition) is 4. The largest absolute Gasteiger partial charge is 0.421 e. The van der Waals surface area contributed by atoms with Crippen LogP contribution >= 0.6 is 0 Å². The van der Waals surface area contributed by atoms with Crippen LogP contribution in [-0.4, -0.2) is 17.0 Å². The third-order valence-corrected chi connectivity index (χ3v) is 3.63. The second-order valence-electron chi connectivity index (χ2n) is 5.46. The summed E-state index contributed by atoms with van der Waals surface area (Å²) in [4.78, 5) is 9.30. The van der Waals surface area contributed by atoms with Gasteiger partial charge in [0.1, 0.15) is 17.2 Å². The summed E-state index contributed by atoms with van der Waals surface area (Å²) in [5.74, 6) is -0.729. The van der Waals surface area contributed by atoms with Crippen LogP contribution in [0.5, 0.6) is 0 Å². The summed E-state index contributed by atoms with van der Waals surface area (Å²) in [6, 6.07) is 13.9. The zero-order chi connectivity index (χ0) is 18.7. The van der Waals surface area contributed by atoms with Crippen molar-refractivity contribution in [1.82, 2.24) is 9.97 Å². The van der Waals surface area contributed by atoms with E-state index in [0.717, 1.165) is 6.20 Å². The Morgan fingerprint density at radius 3 is 2.23 bits per heavy atom. The van der Waals surface area contributed by atoms with E-state index in [0.29, 0.717) is 11.4 Å². The lowest BCUT2D eigenvalue weighted by Gasteiger charge is -2.20. The van der Waals surface area contributed by atoms with Crippen LogP contribution in [-0.2, 0) is 6.18 Å². The molecule has 3 rings (SSSR count). The monoisotopic (exact) mass is 362 g/mol. The van der Waals surface area contributed by atoms with E-state index in [1.54, 1.807) is 37.4 Å². The third-order valence-electron chi connectivity index (χ3n) is 3.63. The van der Waals surface area contributed by atoms with Gasteiger partial charge < -0.3 is 10.2 Å². The number of nitrogens with one attached hydrogen (secondary N) is 1. The highest BCUT2D eigenvalue weighted by atomic mass is 19.4. The van der Waals surface area contributed by atoms with Gasteiger partial charge in [-0.3, -0.25) is 0 Å². The van der Waals surface area contributed by atoms with Crippen molar-refractivity contribution >= 4 is 23.1 Å². The van der Waals surface area contributed by atoms with Crippen LogP contribution in [0.15, 0.2) is 60.8 Å². The lowest BCUT2D eigenvalue weighted by molar-refractivity contribution is -0.137. The Kier molecular flexibility index (Phi) is 4.75. The molecule has 0 saturated carbocycles. The molecule has 0 amide bonds. The number of anilines is 4. The highest BCUT2D eigenvalue weighted by molar-refractivity contribution is 5.63. The zero-order valence-corrected chi connectivity index (χ0v) is 13.6. The first-order valence-electron chi connectivity index (χ1n) is 7.60. The number of nitrogens with zero attached hydrogens (tertiary/aromatic N) is 3. The molecule has 3 aromatic rings. The SMILES string of the molecule is CN(c1ccc(F)cc1)c1ncc(C(F)(F)F)c(Nc2ccccc2)n1. The summed E-state index contributed by atoms with van der Waals surface area (Å²) in [7, 11) is 1.59. The molecule has 8 heteroatoms. The average Bonchev–Trinajstić information content (AvgIpc) is 2.61. The van der Waals surface area contributed by atoms with Crippen molar-refractivity contribution in [3.05, 3.63) is 72.2 Å². The first kappa shape index (κ1) is 17.7. The van der Waals surface area contributed by atoms with Gasteiger partial charge >= 0.3 is 6.18 Å². The molecule has 0 bridgehead atoms. The molecule has 4 nitrogen and oxygen atoms in total. The minimum atomic E-state index is -4.61. The maximum Gasteiger partial charge on any atom is 0.421 e. The predicted octanol–water partition coefficient (Wildman–Crippen LogP) is 5.15. The van der Waals surface area contributed by atoms with E-state index in [-0.39, 0.29) is 11.8 Å². The van der Waals surface area contributed by atoms with Crippen molar-refractivity contribution in [2.45, 2.75) is 6.18 Å². The van der Waals surface area contributed by atoms with Gasteiger partial charge in [-0.15, -0.1) is 0 Å². The third kappa shape index (κ3) is 3.90. The fourth-order valence-corrected chi connectivity index (χ4v) is 2.28. The van der Waals surface area contributed by atoms with Crippen molar-refractivity contribution in [2.75, 3.05) is 17.3 Å². The molecule has 1 N–H and O–H groups in total. The van der Waals surface area contributed by atoms with E-state index >= 15 is 0 Å². The fraction of sp³-hybridized carbons (Fsp3) is 0.111. The molecule has 1 heterocycles. The standard InChI is InChI=1S/C18H14F4N4/c1-26(14-9-7-12(19)8-10-14)17-23-11-15(18(20,21)22)16(25-17)24-13-5-3-2-4-6-13/h2-11H,1H3,(H,23,24,25). The summed E-state index contributed by atoms with van der Waals surface area (Å²) in [5.41, 5.74) is 0.0292. The molecule has 0 saturated heterocycles. The van der Waals surface area contributed by atoms with Crippen molar-refractivity contribution in [1.29, 1.82) is 0 Å². The molecule has 0 aliphatic rings. The Balaban J connectivity index is 2.00. The molecule has 1 aromatic heterocycles. The highest BCUT2D eigenvalue weighted by Gasteiger charge is 2.35. The summed E-state index contributed by atoms with van der Waals surface area (Å²) in [5, 5.41) is 2.68. The maximum absolute atomic E-state index is 13.3. The number of para-hydroxylation sites is 1. The fourth-order valence-electron chi connectivity index (χ4n) is 2.28. The molecule has 0 aliphatic heterocycles. The molecule has 0 radical (unpaired) electrons. The quantitative estimate of drug-likeness (QED) is 0.652. The minimum Gasteiger partial charge on any atom is -0.340 e. The van der Waals surface area contributed by atoms with E-state index in [1.165, 1.54) is 29.2 Å². The van der Waals surface area contributed by atoms with Gasteiger partial charge in [-0.25, -0.2) is 9.37 Å². The molecule has 0 aliphatic carbocycles. The van der Waals surface area contributed by atoms with Crippen LogP contribution in [0, 0.1) is 5.82 Å². The Bertz CT molecular complexity index is 880. The molecule has 26 heavy (non-hydrogen) atoms. The number of hydrogen-bond donors (Lipinski definition) is 1. The van der Waals surface area contributed by atoms with Crippen molar-refractivity contribution in [3.63, 3.8) is 0 Å². The first-order valence-corrected chi connectivity index (χ1v) is 7.60. The number of alkyl halides is 3. The second-order valence-corrected chi connectivity index (χ2v) is 5.46. The van der Waals surface area contributed by atoms with E-state index in [2.05, 4.69) is 15.3 Å². The van der Waals surface area contributed by atoms with Crippen LogP contribution < -0.4 is 10.2 Å². The highest BCUT2D eigenvalue weighted by Crippen LogP contribution is 2.36. The summed E-state index contributed by atoms with van der Waals surface area (Å²) in [6.45, 7) is 0. The van der Waals surface area contributed by atoms with Gasteiger partial charge in [0, 0.05) is 24.6 Å². The molecular weight excluding hydrogens is 348 g/mol. The Hall–Kier alpha value is -3.16. The van der Waals surface area contributed by atoms with E-state index < -0.39 is 17.6 Å². The summed E-state index contributed by atoms with van der Waals surface area (Å²) in [6.07, 6.45) is -3.88. The van der Waals surface area contributed by atoms with E-state index in [4.69, 9.17) is 0 Å². The van der Waals surface area contributed by atoms with Gasteiger partial charge in [-0.2, -0.15) is 18.2 Å². The molecule has 0 unspecified atom stereocenters. The van der Waals surface area contributed by atoms with Gasteiger partial charge in [0.25, 0.3) is 0 Å². The van der Waals surface area contributed by atoms with Gasteiger partial charge in [-0.1, -0.05) is 18.2 Å². The van der Waals surface area contributed by atoms with Crippen LogP contribution in [0.4, 0.5) is 40.7 Å². The summed E-state index contributed by atoms with van der Waals surface area (Å²) < 4.78 is 52.9. The van der Waals surface area contributed by atoms with Crippen LogP contribution in [0.25, 0.3) is 0 Å². The molecule has 2 aromatic carbocycles. The molecule has 134 valence electrons. The van der Waals surface area contributed by atoms with Gasteiger partial charge in [-0.05, 0) is 36.4 Å². The molecular formula is C18H14F4N4. The second kappa shape index (κ2) is 6.99. The first-order chi connectivity index (χ1) is 12.3. The Morgan fingerprint density at radius 1 is 0.962 bits per heavy atom. The Labute approximate surface area is 147 Å². The Morgan fingerprint density at radius 2 is 1.62 bits per heavy atom. The topological polar surface area (TPSA) is 41.1 Å². The number of rotatable bonds is 4. The van der Waals surface area contributed by atoms with Crippen molar-refractivity contribution in [3.8, 4) is 0 Å². The van der Waals surface area contributed by atoms with Crippen LogP contribution in [0.2, 0.25) is 0 Å². The van der Waals surface area contributed by atoms with Crippen molar-refractivity contribution < 1.29 is 17.6 Å². The molecule has 0 atom stereocenters. The van der Waals surface area contributed by atoms with E-state index in [1.807, 2.05) is 0 Å². The number of halogens is 4. The predicted molar refractivity (Wildman–Crippen MR) is 91.2 cm³/mol. The van der Waals surface area contributed by atoms with Gasteiger partial charge in [0.15, 0.2) is 0 Å². The zero-order valence-electron chi connectivity index (χ0n) is 13.6. The lowest BCUT2D eigenvalue weighted by Crippen LogP contribution is -2.17. The summed E-state index contributed by atoms with van der Waals surface area (Å²) >= 11 is 0. The number of aromatic nitrogens is 2. The normalized spacial score (nSPS) is 11.3. The molecule has 0 spiro atoms. The maximum atomic E-state index is 13.3. The minimum absolute atomic E-state index is 0.0445. The van der Waals surface area contributed by atoms with Gasteiger partial charge in [0.05, 0.1) is 0 Å². The lowest BCUT2D eigenvalue weighted by atomic mass is 10.2. The van der Waals surface area contributed by atoms with Crippen LogP contribution in [0.1, 0.15) is 5.56 Å².